The second-order valence-corrected chi connectivity index (χ2v) is 7.05. The molecule has 0 atom stereocenters. The lowest BCUT2D eigenvalue weighted by molar-refractivity contribution is 0.581. The van der Waals surface area contributed by atoms with E-state index in [2.05, 4.69) is 4.72 Å². The van der Waals surface area contributed by atoms with E-state index >= 15 is 0 Å². The fourth-order valence-corrected chi connectivity index (χ4v) is 3.27. The van der Waals surface area contributed by atoms with E-state index in [1.54, 1.807) is 42.5 Å². The normalized spacial score (nSPS) is 11.5. The van der Waals surface area contributed by atoms with Crippen molar-refractivity contribution in [3.63, 3.8) is 0 Å². The predicted molar refractivity (Wildman–Crippen MR) is 86.3 cm³/mol. The molecule has 0 aliphatic rings. The van der Waals surface area contributed by atoms with E-state index in [1.807, 2.05) is 6.07 Å². The Balaban J connectivity index is 2.09. The monoisotopic (exact) mass is 343 g/mol. The van der Waals surface area contributed by atoms with Gasteiger partial charge < -0.3 is 0 Å². The van der Waals surface area contributed by atoms with Crippen molar-refractivity contribution in [3.8, 4) is 0 Å². The topological polar surface area (TPSA) is 46.2 Å². The van der Waals surface area contributed by atoms with Gasteiger partial charge in [0.05, 0.1) is 4.90 Å². The summed E-state index contributed by atoms with van der Waals surface area (Å²) in [5.41, 5.74) is 1.75. The molecule has 0 amide bonds. The Labute approximate surface area is 135 Å². The van der Waals surface area contributed by atoms with E-state index in [0.29, 0.717) is 10.9 Å². The lowest BCUT2D eigenvalue weighted by atomic mass is 10.2. The third-order valence-electron chi connectivity index (χ3n) is 3.03. The van der Waals surface area contributed by atoms with Gasteiger partial charge in [-0.25, -0.2) is 13.1 Å². The summed E-state index contributed by atoms with van der Waals surface area (Å²) < 4.78 is 27.0. The zero-order valence-corrected chi connectivity index (χ0v) is 13.5. The molecule has 2 aromatic carbocycles. The molecule has 0 fully saturated rings. The van der Waals surface area contributed by atoms with Crippen molar-refractivity contribution >= 4 is 33.2 Å². The number of hydrogen-bond acceptors (Lipinski definition) is 2. The number of nitrogens with one attached hydrogen (secondary N) is 1. The first kappa shape index (κ1) is 16.3. The Hall–Kier alpha value is -1.07. The van der Waals surface area contributed by atoms with Crippen LogP contribution in [0.15, 0.2) is 53.4 Å². The third-order valence-corrected chi connectivity index (χ3v) is 5.00. The smallest absolute Gasteiger partial charge is 0.207 e. The van der Waals surface area contributed by atoms with Crippen molar-refractivity contribution in [1.29, 1.82) is 0 Å². The molecule has 6 heteroatoms. The van der Waals surface area contributed by atoms with Gasteiger partial charge in [0.15, 0.2) is 0 Å². The first-order valence-electron chi connectivity index (χ1n) is 6.41. The van der Waals surface area contributed by atoms with Crippen molar-refractivity contribution in [2.45, 2.75) is 17.9 Å². The molecule has 2 rings (SSSR count). The maximum absolute atomic E-state index is 12.2. The lowest BCUT2D eigenvalue weighted by Crippen LogP contribution is -2.23. The van der Waals surface area contributed by atoms with E-state index in [-0.39, 0.29) is 11.4 Å². The van der Waals surface area contributed by atoms with Crippen LogP contribution in [-0.2, 0) is 23.0 Å². The number of hydrogen-bond donors (Lipinski definition) is 1. The molecule has 0 unspecified atom stereocenters. The first-order chi connectivity index (χ1) is 10.0. The maximum atomic E-state index is 12.2. The van der Waals surface area contributed by atoms with Gasteiger partial charge in [-0.05, 0) is 35.7 Å². The Morgan fingerprint density at radius 2 is 1.67 bits per heavy atom. The van der Waals surface area contributed by atoms with Gasteiger partial charge in [0.25, 0.3) is 0 Å². The second-order valence-electron chi connectivity index (χ2n) is 4.50. The highest BCUT2D eigenvalue weighted by atomic mass is 35.5. The molecule has 0 aromatic heterocycles. The standard InChI is InChI=1S/C15H15Cl2NO2S/c16-10-9-12-5-7-14(8-6-12)21(19,20)18-11-13-3-1-2-4-15(13)17/h1-8,18H,9-11H2. The van der Waals surface area contributed by atoms with Crippen molar-refractivity contribution in [2.75, 3.05) is 5.88 Å². The summed E-state index contributed by atoms with van der Waals surface area (Å²) in [6.45, 7) is 0.158. The average Bonchev–Trinajstić information content (AvgIpc) is 2.47. The fraction of sp³-hybridized carbons (Fsp3) is 0.200. The largest absolute Gasteiger partial charge is 0.240 e. The van der Waals surface area contributed by atoms with Crippen LogP contribution in [0.3, 0.4) is 0 Å². The highest BCUT2D eigenvalue weighted by molar-refractivity contribution is 7.89. The van der Waals surface area contributed by atoms with Gasteiger partial charge in [0.1, 0.15) is 0 Å². The highest BCUT2D eigenvalue weighted by Crippen LogP contribution is 2.16. The molecular weight excluding hydrogens is 329 g/mol. The summed E-state index contributed by atoms with van der Waals surface area (Å²) in [6.07, 6.45) is 0.717. The van der Waals surface area contributed by atoms with E-state index in [9.17, 15) is 8.42 Å². The van der Waals surface area contributed by atoms with Gasteiger partial charge in [-0.1, -0.05) is 41.9 Å². The minimum atomic E-state index is -3.55. The molecule has 0 radical (unpaired) electrons. The van der Waals surface area contributed by atoms with Crippen molar-refractivity contribution in [3.05, 3.63) is 64.7 Å². The summed E-state index contributed by atoms with van der Waals surface area (Å²) in [4.78, 5) is 0.230. The van der Waals surface area contributed by atoms with Crippen LogP contribution in [0.2, 0.25) is 5.02 Å². The molecule has 0 spiro atoms. The Kier molecular flexibility index (Phi) is 5.65. The van der Waals surface area contributed by atoms with Crippen LogP contribution in [0.5, 0.6) is 0 Å². The lowest BCUT2D eigenvalue weighted by Gasteiger charge is -2.08. The minimum Gasteiger partial charge on any atom is -0.207 e. The van der Waals surface area contributed by atoms with Gasteiger partial charge in [0.2, 0.25) is 10.0 Å². The molecule has 3 nitrogen and oxygen atoms in total. The molecule has 2 aromatic rings. The Morgan fingerprint density at radius 3 is 2.29 bits per heavy atom. The van der Waals surface area contributed by atoms with Gasteiger partial charge in [-0.15, -0.1) is 11.6 Å². The zero-order valence-electron chi connectivity index (χ0n) is 11.2. The molecule has 0 saturated carbocycles. The molecule has 112 valence electrons. The molecule has 0 aliphatic heterocycles. The molecular formula is C15H15Cl2NO2S. The summed E-state index contributed by atoms with van der Waals surface area (Å²) in [7, 11) is -3.55. The van der Waals surface area contributed by atoms with Crippen molar-refractivity contribution in [1.82, 2.24) is 4.72 Å². The molecule has 1 N–H and O–H groups in total. The number of alkyl halides is 1. The average molecular weight is 344 g/mol. The van der Waals surface area contributed by atoms with Crippen molar-refractivity contribution < 1.29 is 8.42 Å². The molecule has 0 saturated heterocycles. The minimum absolute atomic E-state index is 0.158. The van der Waals surface area contributed by atoms with Crippen LogP contribution in [0.4, 0.5) is 0 Å². The molecule has 0 bridgehead atoms. The maximum Gasteiger partial charge on any atom is 0.240 e. The van der Waals surface area contributed by atoms with Crippen LogP contribution >= 0.6 is 23.2 Å². The fourth-order valence-electron chi connectivity index (χ4n) is 1.84. The summed E-state index contributed by atoms with van der Waals surface area (Å²) in [5, 5.41) is 0.540. The number of aryl methyl sites for hydroxylation is 1. The number of halogens is 2. The Morgan fingerprint density at radius 1 is 1.00 bits per heavy atom. The summed E-state index contributed by atoms with van der Waals surface area (Å²) >= 11 is 11.7. The van der Waals surface area contributed by atoms with E-state index < -0.39 is 10.0 Å². The number of sulfonamides is 1. The SMILES string of the molecule is O=S(=O)(NCc1ccccc1Cl)c1ccc(CCCl)cc1. The third kappa shape index (κ3) is 4.45. The van der Waals surface area contributed by atoms with Crippen LogP contribution in [0.1, 0.15) is 11.1 Å². The van der Waals surface area contributed by atoms with Crippen molar-refractivity contribution in [2.24, 2.45) is 0 Å². The molecule has 0 aliphatic carbocycles. The second kappa shape index (κ2) is 7.27. The van der Waals surface area contributed by atoms with Crippen LogP contribution in [0, 0.1) is 0 Å². The number of rotatable bonds is 6. The van der Waals surface area contributed by atoms with Crippen LogP contribution in [-0.4, -0.2) is 14.3 Å². The van der Waals surface area contributed by atoms with Gasteiger partial charge in [0, 0.05) is 17.4 Å². The van der Waals surface area contributed by atoms with Gasteiger partial charge in [-0.2, -0.15) is 0 Å². The van der Waals surface area contributed by atoms with Crippen LogP contribution < -0.4 is 4.72 Å². The summed E-state index contributed by atoms with van der Waals surface area (Å²) in [6, 6.07) is 13.8. The first-order valence-corrected chi connectivity index (χ1v) is 8.80. The van der Waals surface area contributed by atoms with Gasteiger partial charge >= 0.3 is 0 Å². The van der Waals surface area contributed by atoms with E-state index in [0.717, 1.165) is 17.5 Å². The summed E-state index contributed by atoms with van der Waals surface area (Å²) in [5.74, 6) is 0.511. The van der Waals surface area contributed by atoms with Crippen LogP contribution in [0.25, 0.3) is 0 Å². The Bertz CT molecular complexity index is 700. The zero-order chi connectivity index (χ0) is 15.3. The quantitative estimate of drug-likeness (QED) is 0.814. The number of benzene rings is 2. The molecule has 0 heterocycles. The predicted octanol–water partition coefficient (Wildman–Crippen LogP) is 3.60. The van der Waals surface area contributed by atoms with Gasteiger partial charge in [-0.3, -0.25) is 0 Å². The highest BCUT2D eigenvalue weighted by Gasteiger charge is 2.14. The van der Waals surface area contributed by atoms with E-state index in [1.165, 1.54) is 0 Å². The van der Waals surface area contributed by atoms with E-state index in [4.69, 9.17) is 23.2 Å². The molecule has 21 heavy (non-hydrogen) atoms.